The van der Waals surface area contributed by atoms with Crippen molar-refractivity contribution in [3.05, 3.63) is 23.3 Å². The van der Waals surface area contributed by atoms with Crippen molar-refractivity contribution >= 4 is 5.78 Å². The number of hydrogen-bond acceptors (Lipinski definition) is 4. The van der Waals surface area contributed by atoms with E-state index < -0.39 is 0 Å². The van der Waals surface area contributed by atoms with Gasteiger partial charge >= 0.3 is 0 Å². The second-order valence-corrected chi connectivity index (χ2v) is 6.61. The average Bonchev–Trinajstić information content (AvgIpc) is 2.57. The molecule has 0 saturated carbocycles. The van der Waals surface area contributed by atoms with E-state index in [0.29, 0.717) is 19.0 Å². The third-order valence-electron chi connectivity index (χ3n) is 5.09. The molecule has 2 heterocycles. The Hall–Kier alpha value is -1.55. The molecule has 0 radical (unpaired) electrons. The van der Waals surface area contributed by atoms with Gasteiger partial charge < -0.3 is 14.4 Å². The number of ketones is 1. The summed E-state index contributed by atoms with van der Waals surface area (Å²) < 4.78 is 11.3. The Morgan fingerprint density at radius 3 is 2.55 bits per heavy atom. The zero-order chi connectivity index (χ0) is 14.9. The molecule has 118 valence electrons. The average molecular weight is 301 g/mol. The van der Waals surface area contributed by atoms with Gasteiger partial charge in [-0.1, -0.05) is 6.42 Å². The van der Waals surface area contributed by atoms with Crippen LogP contribution in [0.15, 0.2) is 12.1 Å². The van der Waals surface area contributed by atoms with E-state index in [9.17, 15) is 4.79 Å². The Morgan fingerprint density at radius 1 is 1.05 bits per heavy atom. The van der Waals surface area contributed by atoms with Crippen molar-refractivity contribution in [3.8, 4) is 11.5 Å². The summed E-state index contributed by atoms with van der Waals surface area (Å²) in [4.78, 5) is 15.3. The number of Topliss-reactive ketones (excluding diaryl/α,β-unsaturated/α-hetero) is 1. The molecule has 3 aliphatic rings. The highest BCUT2D eigenvalue weighted by Crippen LogP contribution is 2.37. The van der Waals surface area contributed by atoms with Crippen LogP contribution in [0.2, 0.25) is 0 Å². The van der Waals surface area contributed by atoms with Crippen LogP contribution in [0.25, 0.3) is 0 Å². The van der Waals surface area contributed by atoms with Gasteiger partial charge in [-0.3, -0.25) is 4.79 Å². The molecular formula is C18H23NO3. The zero-order valence-corrected chi connectivity index (χ0v) is 13.0. The molecular weight excluding hydrogens is 278 g/mol. The van der Waals surface area contributed by atoms with E-state index in [0.717, 1.165) is 55.1 Å². The lowest BCUT2D eigenvalue weighted by Crippen LogP contribution is -2.38. The van der Waals surface area contributed by atoms with E-state index in [1.165, 1.54) is 19.3 Å². The smallest absolute Gasteiger partial charge is 0.167 e. The third kappa shape index (κ3) is 2.60. The summed E-state index contributed by atoms with van der Waals surface area (Å²) in [5.74, 6) is 1.97. The number of carbonyl (C=O) groups excluding carboxylic acids is 1. The highest BCUT2D eigenvalue weighted by atomic mass is 16.6. The van der Waals surface area contributed by atoms with Crippen LogP contribution in [0.3, 0.4) is 0 Å². The lowest BCUT2D eigenvalue weighted by molar-refractivity contribution is 0.0844. The van der Waals surface area contributed by atoms with E-state index in [1.807, 2.05) is 12.1 Å². The molecule has 1 unspecified atom stereocenters. The van der Waals surface area contributed by atoms with Gasteiger partial charge in [0, 0.05) is 18.0 Å². The largest absolute Gasteiger partial charge is 0.486 e. The zero-order valence-electron chi connectivity index (χ0n) is 13.0. The maximum Gasteiger partial charge on any atom is 0.167 e. The van der Waals surface area contributed by atoms with Crippen molar-refractivity contribution in [3.63, 3.8) is 0 Å². The number of carbonyl (C=O) groups is 1. The number of piperidine rings is 1. The monoisotopic (exact) mass is 301 g/mol. The number of ether oxygens (including phenoxy) is 2. The van der Waals surface area contributed by atoms with E-state index >= 15 is 0 Å². The van der Waals surface area contributed by atoms with Crippen LogP contribution in [-0.4, -0.2) is 43.5 Å². The second-order valence-electron chi connectivity index (χ2n) is 6.61. The van der Waals surface area contributed by atoms with E-state index in [4.69, 9.17) is 9.47 Å². The van der Waals surface area contributed by atoms with Crippen LogP contribution in [0.4, 0.5) is 0 Å². The van der Waals surface area contributed by atoms with Crippen molar-refractivity contribution in [2.24, 2.45) is 5.92 Å². The van der Waals surface area contributed by atoms with Gasteiger partial charge in [0.1, 0.15) is 13.2 Å². The van der Waals surface area contributed by atoms with Gasteiger partial charge in [0.2, 0.25) is 0 Å². The number of aryl methyl sites for hydroxylation is 1. The Labute approximate surface area is 131 Å². The maximum absolute atomic E-state index is 12.9. The van der Waals surface area contributed by atoms with Crippen LogP contribution in [0.1, 0.15) is 41.6 Å². The minimum Gasteiger partial charge on any atom is -0.486 e. The normalized spacial score (nSPS) is 24.9. The van der Waals surface area contributed by atoms with Crippen molar-refractivity contribution in [1.29, 1.82) is 0 Å². The fraction of sp³-hybridized carbons (Fsp3) is 0.611. The minimum atomic E-state index is 0.146. The Bertz CT molecular complexity index is 578. The molecule has 1 atom stereocenters. The summed E-state index contributed by atoms with van der Waals surface area (Å²) in [6.07, 6.45) is 5.81. The lowest BCUT2D eigenvalue weighted by Gasteiger charge is -2.32. The summed E-state index contributed by atoms with van der Waals surface area (Å²) in [7, 11) is 0. The van der Waals surface area contributed by atoms with Crippen molar-refractivity contribution in [1.82, 2.24) is 4.90 Å². The second kappa shape index (κ2) is 5.92. The van der Waals surface area contributed by atoms with Gasteiger partial charge in [-0.25, -0.2) is 0 Å². The lowest BCUT2D eigenvalue weighted by atomic mass is 9.82. The molecule has 0 amide bonds. The van der Waals surface area contributed by atoms with Crippen LogP contribution < -0.4 is 9.47 Å². The number of fused-ring (bicyclic) bond motifs is 2. The highest BCUT2D eigenvalue weighted by Gasteiger charge is 2.31. The first-order valence-corrected chi connectivity index (χ1v) is 8.50. The molecule has 0 N–H and O–H groups in total. The molecule has 1 aliphatic carbocycles. The summed E-state index contributed by atoms with van der Waals surface area (Å²) >= 11 is 0. The standard InChI is InChI=1S/C18H23NO3/c20-18-14(12-19-6-2-1-3-7-19)5-4-13-10-16-17(11-15(13)18)22-9-8-21-16/h10-11,14H,1-9,12H2. The number of likely N-dealkylation sites (tertiary alicyclic amines) is 1. The fourth-order valence-electron chi connectivity index (χ4n) is 3.88. The van der Waals surface area contributed by atoms with Gasteiger partial charge in [-0.2, -0.15) is 0 Å². The first-order valence-electron chi connectivity index (χ1n) is 8.50. The van der Waals surface area contributed by atoms with Gasteiger partial charge in [0.05, 0.1) is 0 Å². The minimum absolute atomic E-state index is 0.146. The van der Waals surface area contributed by atoms with Gasteiger partial charge in [0.25, 0.3) is 0 Å². The molecule has 4 heteroatoms. The predicted molar refractivity (Wildman–Crippen MR) is 83.9 cm³/mol. The first-order chi connectivity index (χ1) is 10.8. The molecule has 0 aromatic heterocycles. The van der Waals surface area contributed by atoms with Crippen LogP contribution in [0, 0.1) is 5.92 Å². The number of hydrogen-bond donors (Lipinski definition) is 0. The van der Waals surface area contributed by atoms with Gasteiger partial charge in [-0.05, 0) is 56.5 Å². The molecule has 0 bridgehead atoms. The Balaban J connectivity index is 1.54. The number of nitrogens with zero attached hydrogens (tertiary/aromatic N) is 1. The number of rotatable bonds is 2. The molecule has 2 aliphatic heterocycles. The van der Waals surface area contributed by atoms with Crippen molar-refractivity contribution in [2.75, 3.05) is 32.8 Å². The molecule has 1 fully saturated rings. The topological polar surface area (TPSA) is 38.8 Å². The maximum atomic E-state index is 12.9. The molecule has 1 aromatic rings. The van der Waals surface area contributed by atoms with Crippen LogP contribution >= 0.6 is 0 Å². The molecule has 4 rings (SSSR count). The van der Waals surface area contributed by atoms with Crippen molar-refractivity contribution in [2.45, 2.75) is 32.1 Å². The summed E-state index contributed by atoms with van der Waals surface area (Å²) in [5.41, 5.74) is 1.99. The predicted octanol–water partition coefficient (Wildman–Crippen LogP) is 2.69. The van der Waals surface area contributed by atoms with Crippen LogP contribution in [-0.2, 0) is 6.42 Å². The van der Waals surface area contributed by atoms with E-state index in [1.54, 1.807) is 0 Å². The van der Waals surface area contributed by atoms with E-state index in [-0.39, 0.29) is 5.92 Å². The molecule has 1 aromatic carbocycles. The number of benzene rings is 1. The van der Waals surface area contributed by atoms with Crippen LogP contribution in [0.5, 0.6) is 11.5 Å². The molecule has 0 spiro atoms. The summed E-state index contributed by atoms with van der Waals surface area (Å²) in [6, 6.07) is 3.92. The first kappa shape index (κ1) is 14.1. The van der Waals surface area contributed by atoms with Crippen molar-refractivity contribution < 1.29 is 14.3 Å². The SMILES string of the molecule is O=C1c2cc3c(cc2CCC1CN1CCCCC1)OCCO3. The van der Waals surface area contributed by atoms with E-state index in [2.05, 4.69) is 4.90 Å². The molecule has 1 saturated heterocycles. The Morgan fingerprint density at radius 2 is 1.77 bits per heavy atom. The summed E-state index contributed by atoms with van der Waals surface area (Å²) in [6.45, 7) is 4.39. The summed E-state index contributed by atoms with van der Waals surface area (Å²) in [5, 5.41) is 0. The fourth-order valence-corrected chi connectivity index (χ4v) is 3.88. The third-order valence-corrected chi connectivity index (χ3v) is 5.09. The highest BCUT2D eigenvalue weighted by molar-refractivity contribution is 6.01. The molecule has 4 nitrogen and oxygen atoms in total. The quantitative estimate of drug-likeness (QED) is 0.842. The molecule has 22 heavy (non-hydrogen) atoms. The van der Waals surface area contributed by atoms with Gasteiger partial charge in [-0.15, -0.1) is 0 Å². The Kier molecular flexibility index (Phi) is 3.78. The van der Waals surface area contributed by atoms with Gasteiger partial charge in [0.15, 0.2) is 17.3 Å².